The van der Waals surface area contributed by atoms with Crippen LogP contribution in [0.2, 0.25) is 0 Å². The summed E-state index contributed by atoms with van der Waals surface area (Å²) in [6.07, 6.45) is 40.3. The normalized spacial score (nSPS) is 27.9. The van der Waals surface area contributed by atoms with E-state index in [2.05, 4.69) is 55.6 Å². The Morgan fingerprint density at radius 3 is 1.12 bits per heavy atom. The number of aliphatic hydroxyl groups excluding tert-OH is 11. The minimum Gasteiger partial charge on any atom is -0.394 e. The molecule has 92 heavy (non-hydrogen) atoms. The summed E-state index contributed by atoms with van der Waals surface area (Å²) in [6, 6.07) is -0.969. The smallest absolute Gasteiger partial charge is 0.220 e. The molecule has 3 rings (SSSR count). The minimum atomic E-state index is -1.98. The maximum atomic E-state index is 13.3. The van der Waals surface area contributed by atoms with E-state index in [0.717, 1.165) is 64.2 Å². The van der Waals surface area contributed by atoms with Gasteiger partial charge in [0.2, 0.25) is 5.91 Å². The lowest BCUT2D eigenvalue weighted by molar-refractivity contribution is -0.379. The topological polar surface area (TPSA) is 307 Å². The van der Waals surface area contributed by atoms with Gasteiger partial charge < -0.3 is 89.9 Å². The first-order valence-electron chi connectivity index (χ1n) is 36.9. The monoisotopic (exact) mass is 1310 g/mol. The fourth-order valence-corrected chi connectivity index (χ4v) is 12.4. The van der Waals surface area contributed by atoms with Gasteiger partial charge in [0.05, 0.1) is 38.6 Å². The summed E-state index contributed by atoms with van der Waals surface area (Å²) in [4.78, 5) is 13.3. The summed E-state index contributed by atoms with van der Waals surface area (Å²) in [5.41, 5.74) is 0. The first-order valence-corrected chi connectivity index (χ1v) is 36.9. The molecule has 1 amide bonds. The van der Waals surface area contributed by atoms with Crippen molar-refractivity contribution in [3.05, 3.63) is 48.6 Å². The molecule has 0 aliphatic carbocycles. The molecule has 3 heterocycles. The van der Waals surface area contributed by atoms with Crippen molar-refractivity contribution < 1.29 is 89.4 Å². The Morgan fingerprint density at radius 2 is 0.717 bits per heavy atom. The average molecular weight is 1310 g/mol. The number of rotatable bonds is 57. The number of carbonyl (C=O) groups excluding carboxylic acids is 1. The summed E-state index contributed by atoms with van der Waals surface area (Å²) in [6.45, 7) is 1.67. The molecular formula is C73H133NO18. The van der Waals surface area contributed by atoms with Crippen LogP contribution in [0.5, 0.6) is 0 Å². The molecule has 0 aromatic rings. The predicted molar refractivity (Wildman–Crippen MR) is 360 cm³/mol. The standard InChI is InChI=1S/C73H133NO18/c1-3-5-7-9-11-13-14-15-16-17-18-19-20-21-22-23-24-25-26-27-28-29-30-31-32-33-34-35-36-37-38-39-40-41-42-43-45-47-49-51-61(79)74-56(57(78)50-48-46-44-12-10-8-6-4-2)55-87-71-67(85)64(82)69(59(53-76)89-71)92-73-68(86)65(83)70(60(54-77)90-73)91-72-66(84)63(81)62(80)58(52-75)88-72/h14-15,17-18,20-21,48,50,56-60,62-73,75-78,80-86H,3-13,16,19,22-47,49,51-55H2,1-2H3,(H,74,79)/b15-14-,18-17-,21-20-,50-48+. The Morgan fingerprint density at radius 1 is 0.391 bits per heavy atom. The largest absolute Gasteiger partial charge is 0.394 e. The van der Waals surface area contributed by atoms with Crippen LogP contribution in [0.1, 0.15) is 277 Å². The van der Waals surface area contributed by atoms with Gasteiger partial charge in [-0.15, -0.1) is 0 Å². The van der Waals surface area contributed by atoms with Crippen LogP contribution in [0.25, 0.3) is 0 Å². The highest BCUT2D eigenvalue weighted by atomic mass is 16.8. The molecule has 0 saturated carbocycles. The Kier molecular flexibility index (Phi) is 50.0. The third-order valence-electron chi connectivity index (χ3n) is 18.4. The average Bonchev–Trinajstić information content (AvgIpc) is 0.830. The third-order valence-corrected chi connectivity index (χ3v) is 18.4. The Hall–Kier alpha value is -2.25. The maximum absolute atomic E-state index is 13.3. The van der Waals surface area contributed by atoms with E-state index in [1.807, 2.05) is 6.08 Å². The summed E-state index contributed by atoms with van der Waals surface area (Å²) >= 11 is 0. The molecule has 19 nitrogen and oxygen atoms in total. The zero-order valence-corrected chi connectivity index (χ0v) is 57.0. The predicted octanol–water partition coefficient (Wildman–Crippen LogP) is 10.6. The highest BCUT2D eigenvalue weighted by molar-refractivity contribution is 5.76. The van der Waals surface area contributed by atoms with Gasteiger partial charge in [-0.25, -0.2) is 0 Å². The molecule has 12 N–H and O–H groups in total. The number of aliphatic hydroxyl groups is 11. The van der Waals surface area contributed by atoms with E-state index in [-0.39, 0.29) is 18.9 Å². The molecule has 0 aromatic heterocycles. The highest BCUT2D eigenvalue weighted by Crippen LogP contribution is 2.33. The van der Waals surface area contributed by atoms with Crippen LogP contribution >= 0.6 is 0 Å². The van der Waals surface area contributed by atoms with Crippen LogP contribution in [-0.4, -0.2) is 193 Å². The quantitative estimate of drug-likeness (QED) is 0.0199. The fraction of sp³-hybridized carbons (Fsp3) is 0.877. The molecule has 0 spiro atoms. The van der Waals surface area contributed by atoms with Gasteiger partial charge in [0.15, 0.2) is 18.9 Å². The van der Waals surface area contributed by atoms with Gasteiger partial charge in [-0.05, 0) is 57.8 Å². The first kappa shape index (κ1) is 84.0. The number of hydrogen-bond acceptors (Lipinski definition) is 18. The molecule has 0 bridgehead atoms. The van der Waals surface area contributed by atoms with Crippen LogP contribution in [0.4, 0.5) is 0 Å². The zero-order valence-electron chi connectivity index (χ0n) is 57.0. The molecule has 3 saturated heterocycles. The molecule has 17 unspecified atom stereocenters. The van der Waals surface area contributed by atoms with Crippen molar-refractivity contribution in [2.45, 2.75) is 381 Å². The number of amides is 1. The van der Waals surface area contributed by atoms with Crippen LogP contribution < -0.4 is 5.32 Å². The van der Waals surface area contributed by atoms with Gasteiger partial charge >= 0.3 is 0 Å². The molecule has 19 heteroatoms. The van der Waals surface area contributed by atoms with Gasteiger partial charge in [0.25, 0.3) is 0 Å². The first-order chi connectivity index (χ1) is 44.8. The lowest BCUT2D eigenvalue weighted by atomic mass is 9.96. The molecule has 17 atom stereocenters. The summed E-state index contributed by atoms with van der Waals surface area (Å²) in [7, 11) is 0. The number of hydrogen-bond donors (Lipinski definition) is 12. The lowest BCUT2D eigenvalue weighted by Gasteiger charge is -2.48. The summed E-state index contributed by atoms with van der Waals surface area (Å²) < 4.78 is 34.2. The molecule has 538 valence electrons. The minimum absolute atomic E-state index is 0.246. The van der Waals surface area contributed by atoms with Crippen LogP contribution in [-0.2, 0) is 33.2 Å². The maximum Gasteiger partial charge on any atom is 0.220 e. The lowest BCUT2D eigenvalue weighted by Crippen LogP contribution is -2.66. The second-order valence-corrected chi connectivity index (χ2v) is 26.4. The van der Waals surface area contributed by atoms with Crippen molar-refractivity contribution in [3.8, 4) is 0 Å². The molecular weight excluding hydrogens is 1180 g/mol. The molecule has 3 fully saturated rings. The van der Waals surface area contributed by atoms with Crippen molar-refractivity contribution in [2.24, 2.45) is 0 Å². The van der Waals surface area contributed by atoms with Crippen molar-refractivity contribution in [1.29, 1.82) is 0 Å². The van der Waals surface area contributed by atoms with Crippen molar-refractivity contribution in [3.63, 3.8) is 0 Å². The SMILES string of the molecule is CCCCCCC/C=C\C/C=C\C/C=C\CCCCCCCCCCCCCCCCCCCCCCCCCCC(=O)NC(COC1OC(CO)C(OC2OC(CO)C(OC3OC(CO)C(O)C(O)C3O)C(O)C2O)C(O)C1O)C(O)/C=C/CCCCCCCC. The van der Waals surface area contributed by atoms with E-state index in [9.17, 15) is 61.0 Å². The van der Waals surface area contributed by atoms with Crippen molar-refractivity contribution >= 4 is 5.91 Å². The van der Waals surface area contributed by atoms with Crippen LogP contribution in [0.3, 0.4) is 0 Å². The molecule has 0 radical (unpaired) electrons. The summed E-state index contributed by atoms with van der Waals surface area (Å²) in [5.74, 6) is -0.276. The van der Waals surface area contributed by atoms with Crippen molar-refractivity contribution in [1.82, 2.24) is 5.32 Å². The van der Waals surface area contributed by atoms with Gasteiger partial charge in [-0.2, -0.15) is 0 Å². The van der Waals surface area contributed by atoms with Gasteiger partial charge in [0, 0.05) is 6.42 Å². The molecule has 0 aromatic carbocycles. The van der Waals surface area contributed by atoms with E-state index < -0.39 is 124 Å². The number of ether oxygens (including phenoxy) is 6. The molecule has 3 aliphatic rings. The number of nitrogens with one attached hydrogen (secondary N) is 1. The second-order valence-electron chi connectivity index (χ2n) is 26.4. The van der Waals surface area contributed by atoms with Crippen LogP contribution in [0.15, 0.2) is 48.6 Å². The van der Waals surface area contributed by atoms with Gasteiger partial charge in [0.1, 0.15) is 73.2 Å². The summed E-state index contributed by atoms with van der Waals surface area (Å²) in [5, 5.41) is 120. The van der Waals surface area contributed by atoms with E-state index in [4.69, 9.17) is 28.4 Å². The van der Waals surface area contributed by atoms with Crippen LogP contribution in [0, 0.1) is 0 Å². The number of carbonyl (C=O) groups is 1. The number of allylic oxidation sites excluding steroid dienone is 7. The van der Waals surface area contributed by atoms with Crippen molar-refractivity contribution in [2.75, 3.05) is 26.4 Å². The van der Waals surface area contributed by atoms with Gasteiger partial charge in [-0.1, -0.05) is 262 Å². The van der Waals surface area contributed by atoms with E-state index >= 15 is 0 Å². The Labute approximate surface area is 554 Å². The van der Waals surface area contributed by atoms with E-state index in [1.165, 1.54) is 186 Å². The third kappa shape index (κ3) is 35.8. The van der Waals surface area contributed by atoms with Gasteiger partial charge in [-0.3, -0.25) is 4.79 Å². The zero-order chi connectivity index (χ0) is 66.8. The fourth-order valence-electron chi connectivity index (χ4n) is 12.4. The molecule has 3 aliphatic heterocycles. The Bertz CT molecular complexity index is 1860. The Balaban J connectivity index is 1.25. The highest BCUT2D eigenvalue weighted by Gasteiger charge is 2.53. The number of unbranched alkanes of at least 4 members (excludes halogenated alkanes) is 35. The van der Waals surface area contributed by atoms with E-state index in [0.29, 0.717) is 6.42 Å². The van der Waals surface area contributed by atoms with E-state index in [1.54, 1.807) is 6.08 Å². The second kappa shape index (κ2) is 54.7.